The van der Waals surface area contributed by atoms with Crippen LogP contribution in [0.2, 0.25) is 0 Å². The molecule has 0 fully saturated rings. The zero-order valence-corrected chi connectivity index (χ0v) is 22.7. The maximum Gasteiger partial charge on any atom is 0.264 e. The van der Waals surface area contributed by atoms with Gasteiger partial charge in [0.05, 0.1) is 17.7 Å². The van der Waals surface area contributed by atoms with Gasteiger partial charge in [0.15, 0.2) is 0 Å². The fourth-order valence-electron chi connectivity index (χ4n) is 3.84. The first-order valence-electron chi connectivity index (χ1n) is 12.1. The van der Waals surface area contributed by atoms with E-state index in [1.165, 1.54) is 42.3 Å². The van der Waals surface area contributed by atoms with Gasteiger partial charge in [0.2, 0.25) is 11.8 Å². The first kappa shape index (κ1) is 28.6. The molecule has 1 N–H and O–H groups in total. The topological polar surface area (TPSA) is 96.0 Å². The highest BCUT2D eigenvalue weighted by molar-refractivity contribution is 7.92. The lowest BCUT2D eigenvalue weighted by atomic mass is 10.1. The molecule has 0 aliphatic carbocycles. The van der Waals surface area contributed by atoms with Crippen LogP contribution in [0.3, 0.4) is 0 Å². The maximum atomic E-state index is 14.9. The van der Waals surface area contributed by atoms with E-state index in [-0.39, 0.29) is 17.1 Å². The maximum absolute atomic E-state index is 14.9. The molecule has 0 aromatic heterocycles. The normalized spacial score (nSPS) is 11.9. The number of benzene rings is 3. The van der Waals surface area contributed by atoms with Gasteiger partial charge in [0.1, 0.15) is 24.2 Å². The third-order valence-corrected chi connectivity index (χ3v) is 7.81. The average Bonchev–Trinajstić information content (AvgIpc) is 2.91. The number of nitrogens with one attached hydrogen (secondary N) is 1. The summed E-state index contributed by atoms with van der Waals surface area (Å²) in [6, 6.07) is 17.5. The van der Waals surface area contributed by atoms with Crippen LogP contribution in [0.5, 0.6) is 5.75 Å². The Morgan fingerprint density at radius 1 is 1.00 bits per heavy atom. The smallest absolute Gasteiger partial charge is 0.264 e. The van der Waals surface area contributed by atoms with E-state index in [4.69, 9.17) is 4.74 Å². The van der Waals surface area contributed by atoms with Gasteiger partial charge in [0.25, 0.3) is 10.0 Å². The molecule has 202 valence electrons. The number of hydrogen-bond acceptors (Lipinski definition) is 5. The van der Waals surface area contributed by atoms with E-state index in [0.717, 1.165) is 15.9 Å². The van der Waals surface area contributed by atoms with E-state index in [2.05, 4.69) is 5.32 Å². The number of rotatable bonds is 11. The summed E-state index contributed by atoms with van der Waals surface area (Å²) in [5, 5.41) is 2.70. The van der Waals surface area contributed by atoms with Crippen molar-refractivity contribution in [2.75, 3.05) is 24.5 Å². The Bertz CT molecular complexity index is 1360. The Morgan fingerprint density at radius 3 is 2.21 bits per heavy atom. The Kier molecular flexibility index (Phi) is 9.46. The van der Waals surface area contributed by atoms with Gasteiger partial charge in [-0.25, -0.2) is 12.8 Å². The molecule has 0 saturated carbocycles. The molecule has 0 aliphatic rings. The second-order valence-electron chi connectivity index (χ2n) is 8.72. The number of nitrogens with zero attached hydrogens (tertiary/aromatic N) is 2. The monoisotopic (exact) mass is 541 g/mol. The highest BCUT2D eigenvalue weighted by Crippen LogP contribution is 2.27. The van der Waals surface area contributed by atoms with Gasteiger partial charge >= 0.3 is 0 Å². The second-order valence-corrected chi connectivity index (χ2v) is 10.6. The molecule has 0 radical (unpaired) electrons. The molecule has 38 heavy (non-hydrogen) atoms. The van der Waals surface area contributed by atoms with Crippen molar-refractivity contribution in [3.63, 3.8) is 0 Å². The van der Waals surface area contributed by atoms with E-state index in [9.17, 15) is 22.4 Å². The van der Waals surface area contributed by atoms with Crippen LogP contribution in [-0.2, 0) is 26.2 Å². The van der Waals surface area contributed by atoms with Crippen molar-refractivity contribution in [2.45, 2.75) is 38.3 Å². The van der Waals surface area contributed by atoms with E-state index in [1.54, 1.807) is 50.2 Å². The summed E-state index contributed by atoms with van der Waals surface area (Å²) in [5.41, 5.74) is 1.28. The molecule has 0 heterocycles. The summed E-state index contributed by atoms with van der Waals surface area (Å²) in [6.45, 7) is 4.81. The van der Waals surface area contributed by atoms with Crippen molar-refractivity contribution in [3.05, 3.63) is 89.7 Å². The first-order chi connectivity index (χ1) is 18.1. The van der Waals surface area contributed by atoms with Gasteiger partial charge in [-0.3, -0.25) is 13.9 Å². The van der Waals surface area contributed by atoms with Crippen LogP contribution in [0.1, 0.15) is 25.0 Å². The van der Waals surface area contributed by atoms with Crippen molar-refractivity contribution in [3.8, 4) is 5.75 Å². The predicted octanol–water partition coefficient (Wildman–Crippen LogP) is 3.89. The van der Waals surface area contributed by atoms with Crippen molar-refractivity contribution < 1.29 is 27.1 Å². The molecule has 0 saturated heterocycles. The van der Waals surface area contributed by atoms with E-state index >= 15 is 0 Å². The van der Waals surface area contributed by atoms with Crippen molar-refractivity contribution >= 4 is 27.5 Å². The van der Waals surface area contributed by atoms with Crippen LogP contribution in [0.4, 0.5) is 10.1 Å². The van der Waals surface area contributed by atoms with Crippen LogP contribution < -0.4 is 14.4 Å². The molecule has 0 aliphatic heterocycles. The summed E-state index contributed by atoms with van der Waals surface area (Å²) in [6.07, 6.45) is 0. The van der Waals surface area contributed by atoms with Crippen LogP contribution in [0.15, 0.2) is 77.7 Å². The number of carbonyl (C=O) groups is 2. The number of sulfonamides is 1. The Morgan fingerprint density at radius 2 is 1.63 bits per heavy atom. The fourth-order valence-corrected chi connectivity index (χ4v) is 5.26. The molecular formula is C28H32FN3O5S. The fraction of sp³-hybridized carbons (Fsp3) is 0.286. The lowest BCUT2D eigenvalue weighted by molar-refractivity contribution is -0.139. The average molecular weight is 542 g/mol. The standard InChI is InChI=1S/C28H32FN3O5S/c1-5-30-28(34)21(3)31(18-22-12-14-23(37-4)15-13-22)27(33)19-32(26-9-7-6-8-25(26)29)38(35,36)24-16-10-20(2)11-17-24/h6-17,21H,5,18-19H2,1-4H3,(H,30,34)/t21-/m0/s1. The Balaban J connectivity index is 2.03. The predicted molar refractivity (Wildman–Crippen MR) is 144 cm³/mol. The number of halogens is 1. The van der Waals surface area contributed by atoms with Crippen LogP contribution in [0, 0.1) is 12.7 Å². The summed E-state index contributed by atoms with van der Waals surface area (Å²) in [5.74, 6) is -1.24. The number of para-hydroxylation sites is 1. The Hall–Kier alpha value is -3.92. The quantitative estimate of drug-likeness (QED) is 0.397. The second kappa shape index (κ2) is 12.6. The molecule has 0 spiro atoms. The number of anilines is 1. The molecule has 0 bridgehead atoms. The zero-order chi connectivity index (χ0) is 27.9. The number of carbonyl (C=O) groups excluding carboxylic acids is 2. The molecule has 8 nitrogen and oxygen atoms in total. The van der Waals surface area contributed by atoms with E-state index < -0.39 is 40.2 Å². The minimum atomic E-state index is -4.33. The molecule has 3 aromatic rings. The van der Waals surface area contributed by atoms with Crippen LogP contribution in [-0.4, -0.2) is 51.4 Å². The number of amides is 2. The number of ether oxygens (including phenoxy) is 1. The van der Waals surface area contributed by atoms with Crippen molar-refractivity contribution in [1.29, 1.82) is 0 Å². The van der Waals surface area contributed by atoms with Gasteiger partial charge in [-0.05, 0) is 62.7 Å². The summed E-state index contributed by atoms with van der Waals surface area (Å²) in [4.78, 5) is 27.7. The van der Waals surface area contributed by atoms with Crippen LogP contribution in [0.25, 0.3) is 0 Å². The highest BCUT2D eigenvalue weighted by Gasteiger charge is 2.33. The molecule has 0 unspecified atom stereocenters. The summed E-state index contributed by atoms with van der Waals surface area (Å²) < 4.78 is 48.2. The molecule has 3 aromatic carbocycles. The largest absolute Gasteiger partial charge is 0.497 e. The van der Waals surface area contributed by atoms with Gasteiger partial charge < -0.3 is 15.0 Å². The molecule has 2 amide bonds. The molecular weight excluding hydrogens is 509 g/mol. The van der Waals surface area contributed by atoms with Crippen molar-refractivity contribution in [1.82, 2.24) is 10.2 Å². The summed E-state index contributed by atoms with van der Waals surface area (Å²) in [7, 11) is -2.80. The van der Waals surface area contributed by atoms with E-state index in [0.29, 0.717) is 17.9 Å². The molecule has 3 rings (SSSR count). The van der Waals surface area contributed by atoms with Crippen molar-refractivity contribution in [2.24, 2.45) is 0 Å². The number of methoxy groups -OCH3 is 1. The van der Waals surface area contributed by atoms with Gasteiger partial charge in [0, 0.05) is 13.1 Å². The lowest BCUT2D eigenvalue weighted by Gasteiger charge is -2.32. The zero-order valence-electron chi connectivity index (χ0n) is 21.8. The van der Waals surface area contributed by atoms with E-state index in [1.807, 2.05) is 6.92 Å². The summed E-state index contributed by atoms with van der Waals surface area (Å²) >= 11 is 0. The lowest BCUT2D eigenvalue weighted by Crippen LogP contribution is -2.51. The van der Waals surface area contributed by atoms with Crippen LogP contribution >= 0.6 is 0 Å². The molecule has 1 atom stereocenters. The minimum Gasteiger partial charge on any atom is -0.497 e. The number of aryl methyl sites for hydroxylation is 1. The highest BCUT2D eigenvalue weighted by atomic mass is 32.2. The van der Waals surface area contributed by atoms with Gasteiger partial charge in [-0.1, -0.05) is 42.0 Å². The third-order valence-electron chi connectivity index (χ3n) is 6.04. The first-order valence-corrected chi connectivity index (χ1v) is 13.6. The number of likely N-dealkylation sites (N-methyl/N-ethyl adjacent to an activating group) is 1. The SMILES string of the molecule is CCNC(=O)[C@H](C)N(Cc1ccc(OC)cc1)C(=O)CN(c1ccccc1F)S(=O)(=O)c1ccc(C)cc1. The Labute approximate surface area is 223 Å². The number of hydrogen-bond donors (Lipinski definition) is 1. The minimum absolute atomic E-state index is 0.0246. The van der Waals surface area contributed by atoms with Gasteiger partial charge in [-0.15, -0.1) is 0 Å². The third kappa shape index (κ3) is 6.69. The molecule has 10 heteroatoms. The van der Waals surface area contributed by atoms with Gasteiger partial charge in [-0.2, -0.15) is 0 Å².